The molecule has 2 fully saturated rings. The second kappa shape index (κ2) is 8.95. The molecule has 2 aliphatic heterocycles. The van der Waals surface area contributed by atoms with E-state index in [1.165, 1.54) is 11.1 Å². The SMILES string of the molecule is Cc1cccc([C@H]2CCCCN2C(=O)c2cccc(N3CCCN(C)CC3)n2)c1. The number of pyridine rings is 1. The third kappa shape index (κ3) is 4.61. The summed E-state index contributed by atoms with van der Waals surface area (Å²) in [6.07, 6.45) is 4.37. The zero-order valence-corrected chi connectivity index (χ0v) is 17.7. The normalized spacial score (nSPS) is 21.1. The average molecular weight is 393 g/mol. The Labute approximate surface area is 174 Å². The monoisotopic (exact) mass is 392 g/mol. The quantitative estimate of drug-likeness (QED) is 0.794. The average Bonchev–Trinajstić information content (AvgIpc) is 2.98. The number of carbonyl (C=O) groups is 1. The van der Waals surface area contributed by atoms with Crippen molar-refractivity contribution >= 4 is 11.7 Å². The Bertz CT molecular complexity index is 852. The van der Waals surface area contributed by atoms with Crippen LogP contribution in [-0.2, 0) is 0 Å². The summed E-state index contributed by atoms with van der Waals surface area (Å²) in [6.45, 7) is 7.00. The minimum atomic E-state index is 0.0602. The minimum Gasteiger partial charge on any atom is -0.355 e. The number of likely N-dealkylation sites (tertiary alicyclic amines) is 1. The Hall–Kier alpha value is -2.40. The van der Waals surface area contributed by atoms with E-state index in [0.717, 1.165) is 64.2 Å². The second-order valence-corrected chi connectivity index (χ2v) is 8.45. The maximum Gasteiger partial charge on any atom is 0.273 e. The Kier molecular flexibility index (Phi) is 6.14. The van der Waals surface area contributed by atoms with Crippen molar-refractivity contribution in [2.24, 2.45) is 0 Å². The number of aromatic nitrogens is 1. The van der Waals surface area contributed by atoms with Gasteiger partial charge in [-0.2, -0.15) is 0 Å². The summed E-state index contributed by atoms with van der Waals surface area (Å²) < 4.78 is 0. The predicted molar refractivity (Wildman–Crippen MR) is 117 cm³/mol. The lowest BCUT2D eigenvalue weighted by molar-refractivity contribution is 0.0605. The van der Waals surface area contributed by atoms with Gasteiger partial charge in [0, 0.05) is 26.2 Å². The number of anilines is 1. The van der Waals surface area contributed by atoms with Gasteiger partial charge in [0.25, 0.3) is 5.91 Å². The summed E-state index contributed by atoms with van der Waals surface area (Å²) in [6, 6.07) is 14.6. The summed E-state index contributed by atoms with van der Waals surface area (Å²) >= 11 is 0. The maximum absolute atomic E-state index is 13.5. The van der Waals surface area contributed by atoms with Crippen LogP contribution in [0.2, 0.25) is 0 Å². The van der Waals surface area contributed by atoms with Crippen molar-refractivity contribution in [1.82, 2.24) is 14.8 Å². The number of hydrogen-bond acceptors (Lipinski definition) is 4. The van der Waals surface area contributed by atoms with Gasteiger partial charge in [-0.15, -0.1) is 0 Å². The fourth-order valence-electron chi connectivity index (χ4n) is 4.54. The van der Waals surface area contributed by atoms with Gasteiger partial charge in [0.15, 0.2) is 0 Å². The highest BCUT2D eigenvalue weighted by Gasteiger charge is 2.29. The first-order chi connectivity index (χ1) is 14.1. The Morgan fingerprint density at radius 1 is 0.966 bits per heavy atom. The molecule has 1 aromatic carbocycles. The molecule has 2 aromatic rings. The molecule has 3 heterocycles. The summed E-state index contributed by atoms with van der Waals surface area (Å²) in [4.78, 5) is 25.0. The molecule has 2 aliphatic rings. The zero-order valence-electron chi connectivity index (χ0n) is 17.7. The van der Waals surface area contributed by atoms with Gasteiger partial charge in [0.05, 0.1) is 6.04 Å². The van der Waals surface area contributed by atoms with E-state index in [1.54, 1.807) is 0 Å². The summed E-state index contributed by atoms with van der Waals surface area (Å²) in [7, 11) is 2.17. The van der Waals surface area contributed by atoms with Crippen LogP contribution in [0.4, 0.5) is 5.82 Å². The smallest absolute Gasteiger partial charge is 0.273 e. The number of hydrogen-bond donors (Lipinski definition) is 0. The Morgan fingerprint density at radius 3 is 2.69 bits per heavy atom. The van der Waals surface area contributed by atoms with Crippen molar-refractivity contribution in [1.29, 1.82) is 0 Å². The Balaban J connectivity index is 1.56. The second-order valence-electron chi connectivity index (χ2n) is 8.45. The summed E-state index contributed by atoms with van der Waals surface area (Å²) in [5.74, 6) is 0.986. The number of piperidine rings is 1. The van der Waals surface area contributed by atoms with E-state index >= 15 is 0 Å². The number of carbonyl (C=O) groups excluding carboxylic acids is 1. The van der Waals surface area contributed by atoms with Gasteiger partial charge in [0.2, 0.25) is 0 Å². The lowest BCUT2D eigenvalue weighted by Crippen LogP contribution is -2.39. The molecule has 0 aliphatic carbocycles. The molecule has 29 heavy (non-hydrogen) atoms. The van der Waals surface area contributed by atoms with E-state index in [0.29, 0.717) is 5.69 Å². The van der Waals surface area contributed by atoms with E-state index < -0.39 is 0 Å². The van der Waals surface area contributed by atoms with Gasteiger partial charge >= 0.3 is 0 Å². The van der Waals surface area contributed by atoms with Crippen LogP contribution in [0.25, 0.3) is 0 Å². The third-order valence-corrected chi connectivity index (χ3v) is 6.19. The molecule has 1 aromatic heterocycles. The van der Waals surface area contributed by atoms with Crippen molar-refractivity contribution in [2.45, 2.75) is 38.6 Å². The predicted octanol–water partition coefficient (Wildman–Crippen LogP) is 3.90. The molecule has 1 atom stereocenters. The molecule has 0 bridgehead atoms. The van der Waals surface area contributed by atoms with Crippen molar-refractivity contribution in [3.05, 3.63) is 59.3 Å². The largest absolute Gasteiger partial charge is 0.355 e. The van der Waals surface area contributed by atoms with Gasteiger partial charge in [-0.05, 0) is 63.9 Å². The van der Waals surface area contributed by atoms with E-state index in [-0.39, 0.29) is 11.9 Å². The van der Waals surface area contributed by atoms with Gasteiger partial charge in [-0.3, -0.25) is 4.79 Å². The van der Waals surface area contributed by atoms with Crippen LogP contribution in [0.1, 0.15) is 53.3 Å². The number of likely N-dealkylation sites (N-methyl/N-ethyl adjacent to an activating group) is 1. The molecule has 0 N–H and O–H groups in total. The molecule has 5 nitrogen and oxygen atoms in total. The molecular formula is C24H32N4O. The first-order valence-corrected chi connectivity index (χ1v) is 10.9. The highest BCUT2D eigenvalue weighted by molar-refractivity contribution is 5.93. The molecule has 0 unspecified atom stereocenters. The first-order valence-electron chi connectivity index (χ1n) is 10.9. The Morgan fingerprint density at radius 2 is 1.83 bits per heavy atom. The molecule has 0 radical (unpaired) electrons. The molecule has 2 saturated heterocycles. The molecule has 0 saturated carbocycles. The van der Waals surface area contributed by atoms with Crippen LogP contribution in [0.15, 0.2) is 42.5 Å². The van der Waals surface area contributed by atoms with Crippen molar-refractivity contribution in [3.8, 4) is 0 Å². The van der Waals surface area contributed by atoms with Crippen LogP contribution in [0, 0.1) is 6.92 Å². The maximum atomic E-state index is 13.5. The van der Waals surface area contributed by atoms with Crippen LogP contribution in [0.5, 0.6) is 0 Å². The van der Waals surface area contributed by atoms with Crippen LogP contribution in [-0.4, -0.2) is 60.5 Å². The molecule has 5 heteroatoms. The van der Waals surface area contributed by atoms with Gasteiger partial charge in [0.1, 0.15) is 11.5 Å². The third-order valence-electron chi connectivity index (χ3n) is 6.19. The molecule has 4 rings (SSSR count). The fraction of sp³-hybridized carbons (Fsp3) is 0.500. The topological polar surface area (TPSA) is 39.7 Å². The van der Waals surface area contributed by atoms with Crippen LogP contribution in [0.3, 0.4) is 0 Å². The van der Waals surface area contributed by atoms with E-state index in [9.17, 15) is 4.79 Å². The lowest BCUT2D eigenvalue weighted by atomic mass is 9.94. The molecule has 0 spiro atoms. The number of rotatable bonds is 3. The molecular weight excluding hydrogens is 360 g/mol. The van der Waals surface area contributed by atoms with Gasteiger partial charge in [-0.25, -0.2) is 4.98 Å². The number of nitrogens with zero attached hydrogens (tertiary/aromatic N) is 4. The summed E-state index contributed by atoms with van der Waals surface area (Å²) in [5.41, 5.74) is 3.05. The van der Waals surface area contributed by atoms with Crippen LogP contribution < -0.4 is 4.90 Å². The van der Waals surface area contributed by atoms with E-state index in [2.05, 4.69) is 48.0 Å². The van der Waals surface area contributed by atoms with Crippen molar-refractivity contribution in [2.75, 3.05) is 44.7 Å². The van der Waals surface area contributed by atoms with E-state index in [1.807, 2.05) is 23.1 Å². The minimum absolute atomic E-state index is 0.0602. The zero-order chi connectivity index (χ0) is 20.2. The van der Waals surface area contributed by atoms with Crippen molar-refractivity contribution in [3.63, 3.8) is 0 Å². The molecule has 154 valence electrons. The van der Waals surface area contributed by atoms with Crippen molar-refractivity contribution < 1.29 is 4.79 Å². The van der Waals surface area contributed by atoms with E-state index in [4.69, 9.17) is 4.98 Å². The fourth-order valence-corrected chi connectivity index (χ4v) is 4.54. The first kappa shape index (κ1) is 19.9. The number of amides is 1. The summed E-state index contributed by atoms with van der Waals surface area (Å²) in [5, 5.41) is 0. The highest BCUT2D eigenvalue weighted by Crippen LogP contribution is 2.32. The number of aryl methyl sites for hydroxylation is 1. The standard InChI is InChI=1S/C24H32N4O/c1-19-8-5-9-20(18-19)22-11-3-4-15-28(22)24(29)21-10-6-12-23(25-21)27-14-7-13-26(2)16-17-27/h5-6,8-10,12,18,22H,3-4,7,11,13-17H2,1-2H3/t22-/m1/s1. The van der Waals surface area contributed by atoms with Gasteiger partial charge in [-0.1, -0.05) is 35.9 Å². The van der Waals surface area contributed by atoms with Gasteiger partial charge < -0.3 is 14.7 Å². The highest BCUT2D eigenvalue weighted by atomic mass is 16.2. The molecule has 1 amide bonds. The number of benzene rings is 1. The van der Waals surface area contributed by atoms with Crippen LogP contribution >= 0.6 is 0 Å². The lowest BCUT2D eigenvalue weighted by Gasteiger charge is -2.36.